The molecular formula is C21H21BrN2O3. The molecule has 0 saturated heterocycles. The highest BCUT2D eigenvalue weighted by Crippen LogP contribution is 2.25. The lowest BCUT2D eigenvalue weighted by Gasteiger charge is -2.18. The van der Waals surface area contributed by atoms with Crippen molar-refractivity contribution in [1.82, 2.24) is 9.80 Å². The molecule has 0 bridgehead atoms. The average Bonchev–Trinajstić information content (AvgIpc) is 2.91. The van der Waals surface area contributed by atoms with Crippen LogP contribution in [-0.2, 0) is 6.54 Å². The van der Waals surface area contributed by atoms with Gasteiger partial charge < -0.3 is 4.90 Å². The summed E-state index contributed by atoms with van der Waals surface area (Å²) in [6.45, 7) is 2.86. The molecule has 0 aliphatic carbocycles. The van der Waals surface area contributed by atoms with E-state index >= 15 is 0 Å². The highest BCUT2D eigenvalue weighted by atomic mass is 79.9. The molecule has 0 N–H and O–H groups in total. The molecule has 1 heterocycles. The predicted molar refractivity (Wildman–Crippen MR) is 107 cm³/mol. The summed E-state index contributed by atoms with van der Waals surface area (Å²) >= 11 is 3.49. The van der Waals surface area contributed by atoms with Gasteiger partial charge in [-0.1, -0.05) is 47.5 Å². The van der Waals surface area contributed by atoms with Gasteiger partial charge in [0.25, 0.3) is 17.7 Å². The maximum absolute atomic E-state index is 12.8. The summed E-state index contributed by atoms with van der Waals surface area (Å²) in [7, 11) is 1.72. The molecular weight excluding hydrogens is 408 g/mol. The van der Waals surface area contributed by atoms with Crippen LogP contribution in [0.15, 0.2) is 46.9 Å². The van der Waals surface area contributed by atoms with Crippen LogP contribution in [0.1, 0.15) is 56.4 Å². The van der Waals surface area contributed by atoms with E-state index in [2.05, 4.69) is 15.9 Å². The van der Waals surface area contributed by atoms with Gasteiger partial charge in [0.1, 0.15) is 0 Å². The molecule has 140 valence electrons. The van der Waals surface area contributed by atoms with E-state index in [0.29, 0.717) is 29.8 Å². The van der Waals surface area contributed by atoms with Gasteiger partial charge in [-0.25, -0.2) is 0 Å². The monoisotopic (exact) mass is 428 g/mol. The van der Waals surface area contributed by atoms with Gasteiger partial charge >= 0.3 is 0 Å². The third-order valence-electron chi connectivity index (χ3n) is 4.66. The van der Waals surface area contributed by atoms with E-state index in [9.17, 15) is 14.4 Å². The van der Waals surface area contributed by atoms with Gasteiger partial charge in [0, 0.05) is 30.2 Å². The van der Waals surface area contributed by atoms with E-state index in [1.165, 1.54) is 4.90 Å². The fourth-order valence-corrected chi connectivity index (χ4v) is 3.53. The fourth-order valence-electron chi connectivity index (χ4n) is 3.12. The number of hydrogen-bond donors (Lipinski definition) is 0. The largest absolute Gasteiger partial charge is 0.337 e. The first-order valence-electron chi connectivity index (χ1n) is 8.93. The molecule has 0 atom stereocenters. The summed E-state index contributed by atoms with van der Waals surface area (Å²) in [6.07, 6.45) is 1.67. The number of carbonyl (C=O) groups excluding carboxylic acids is 3. The van der Waals surface area contributed by atoms with Gasteiger partial charge in [-0.15, -0.1) is 0 Å². The van der Waals surface area contributed by atoms with Crippen molar-refractivity contribution in [2.75, 3.05) is 13.6 Å². The Morgan fingerprint density at radius 2 is 1.78 bits per heavy atom. The summed E-state index contributed by atoms with van der Waals surface area (Å²) in [6, 6.07) is 12.5. The number of rotatable bonds is 6. The van der Waals surface area contributed by atoms with Crippen molar-refractivity contribution in [2.45, 2.75) is 26.3 Å². The Hall–Kier alpha value is -2.47. The van der Waals surface area contributed by atoms with E-state index in [0.717, 1.165) is 22.9 Å². The molecule has 5 nitrogen and oxygen atoms in total. The quantitative estimate of drug-likeness (QED) is 0.650. The van der Waals surface area contributed by atoms with Gasteiger partial charge in [-0.2, -0.15) is 0 Å². The maximum Gasteiger partial charge on any atom is 0.261 e. The number of hydrogen-bond acceptors (Lipinski definition) is 3. The minimum absolute atomic E-state index is 0.194. The number of carbonyl (C=O) groups is 3. The number of nitrogens with zero attached hydrogens (tertiary/aromatic N) is 2. The fraction of sp³-hybridized carbons (Fsp3) is 0.286. The van der Waals surface area contributed by atoms with Crippen LogP contribution in [0, 0.1) is 0 Å². The lowest BCUT2D eigenvalue weighted by atomic mass is 10.0. The van der Waals surface area contributed by atoms with Crippen LogP contribution < -0.4 is 0 Å². The van der Waals surface area contributed by atoms with Crippen molar-refractivity contribution in [3.63, 3.8) is 0 Å². The normalized spacial score (nSPS) is 13.1. The first-order valence-corrected chi connectivity index (χ1v) is 9.72. The van der Waals surface area contributed by atoms with Crippen LogP contribution in [0.4, 0.5) is 0 Å². The zero-order valence-electron chi connectivity index (χ0n) is 15.4. The van der Waals surface area contributed by atoms with E-state index in [-0.39, 0.29) is 17.7 Å². The Labute approximate surface area is 167 Å². The van der Waals surface area contributed by atoms with Gasteiger partial charge in [0.05, 0.1) is 11.1 Å². The Bertz CT molecular complexity index is 910. The average molecular weight is 429 g/mol. The van der Waals surface area contributed by atoms with Crippen molar-refractivity contribution >= 4 is 33.7 Å². The van der Waals surface area contributed by atoms with Gasteiger partial charge in [0.15, 0.2) is 0 Å². The molecule has 27 heavy (non-hydrogen) atoms. The van der Waals surface area contributed by atoms with E-state index in [1.54, 1.807) is 30.1 Å². The molecule has 3 amide bonds. The van der Waals surface area contributed by atoms with E-state index in [4.69, 9.17) is 0 Å². The minimum atomic E-state index is -0.313. The van der Waals surface area contributed by atoms with Crippen molar-refractivity contribution in [2.24, 2.45) is 0 Å². The third-order valence-corrected chi connectivity index (χ3v) is 5.44. The summed E-state index contributed by atoms with van der Waals surface area (Å²) in [5.74, 6) is -0.781. The number of fused-ring (bicyclic) bond motifs is 1. The SMILES string of the molecule is CCCCN1C(=O)c2ccc(C(=O)N(C)Cc3ccccc3Br)cc2C1=O. The van der Waals surface area contributed by atoms with Gasteiger partial charge in [0.2, 0.25) is 0 Å². The minimum Gasteiger partial charge on any atom is -0.337 e. The van der Waals surface area contributed by atoms with E-state index < -0.39 is 0 Å². The van der Waals surface area contributed by atoms with Crippen LogP contribution >= 0.6 is 15.9 Å². The molecule has 6 heteroatoms. The Kier molecular flexibility index (Phi) is 5.75. The molecule has 2 aromatic carbocycles. The molecule has 1 aliphatic rings. The molecule has 1 aliphatic heterocycles. The summed E-state index contributed by atoms with van der Waals surface area (Å²) < 4.78 is 0.936. The Morgan fingerprint density at radius 3 is 2.48 bits per heavy atom. The number of imide groups is 1. The molecule has 3 rings (SSSR count). The second-order valence-corrected chi connectivity index (χ2v) is 7.48. The molecule has 0 saturated carbocycles. The summed E-state index contributed by atoms with van der Waals surface area (Å²) in [5.41, 5.74) is 2.09. The molecule has 0 unspecified atom stereocenters. The van der Waals surface area contributed by atoms with Crippen molar-refractivity contribution in [1.29, 1.82) is 0 Å². The highest BCUT2D eigenvalue weighted by molar-refractivity contribution is 9.10. The van der Waals surface area contributed by atoms with Crippen LogP contribution in [0.5, 0.6) is 0 Å². The Morgan fingerprint density at radius 1 is 1.07 bits per heavy atom. The molecule has 0 radical (unpaired) electrons. The molecule has 2 aromatic rings. The predicted octanol–water partition coefficient (Wildman–Crippen LogP) is 4.12. The standard InChI is InChI=1S/C21H21BrN2O3/c1-3-4-11-24-20(26)16-10-9-14(12-17(16)21(24)27)19(25)23(2)13-15-7-5-6-8-18(15)22/h5-10,12H,3-4,11,13H2,1-2H3. The topological polar surface area (TPSA) is 57.7 Å². The molecule has 0 aromatic heterocycles. The summed E-state index contributed by atoms with van der Waals surface area (Å²) in [5, 5.41) is 0. The second-order valence-electron chi connectivity index (χ2n) is 6.63. The lowest BCUT2D eigenvalue weighted by Crippen LogP contribution is -2.30. The smallest absolute Gasteiger partial charge is 0.261 e. The Balaban J connectivity index is 1.80. The van der Waals surface area contributed by atoms with Crippen molar-refractivity contribution in [3.8, 4) is 0 Å². The second kappa shape index (κ2) is 8.05. The zero-order chi connectivity index (χ0) is 19.6. The van der Waals surface area contributed by atoms with Crippen LogP contribution in [0.2, 0.25) is 0 Å². The van der Waals surface area contributed by atoms with Crippen LogP contribution in [-0.4, -0.2) is 41.1 Å². The number of amides is 3. The van der Waals surface area contributed by atoms with Crippen LogP contribution in [0.25, 0.3) is 0 Å². The number of unbranched alkanes of at least 4 members (excludes halogenated alkanes) is 1. The first kappa shape index (κ1) is 19.3. The van der Waals surface area contributed by atoms with Crippen molar-refractivity contribution in [3.05, 3.63) is 69.2 Å². The maximum atomic E-state index is 12.8. The first-order chi connectivity index (χ1) is 12.9. The zero-order valence-corrected chi connectivity index (χ0v) is 17.0. The third kappa shape index (κ3) is 3.81. The van der Waals surface area contributed by atoms with Gasteiger partial charge in [-0.05, 0) is 36.2 Å². The van der Waals surface area contributed by atoms with E-state index in [1.807, 2.05) is 31.2 Å². The number of halogens is 1. The summed E-state index contributed by atoms with van der Waals surface area (Å²) in [4.78, 5) is 40.6. The number of benzene rings is 2. The molecule has 0 spiro atoms. The lowest BCUT2D eigenvalue weighted by molar-refractivity contribution is 0.0652. The van der Waals surface area contributed by atoms with Crippen molar-refractivity contribution < 1.29 is 14.4 Å². The van der Waals surface area contributed by atoms with Gasteiger partial charge in [-0.3, -0.25) is 19.3 Å². The van der Waals surface area contributed by atoms with Crippen LogP contribution in [0.3, 0.4) is 0 Å². The highest BCUT2D eigenvalue weighted by Gasteiger charge is 2.35. The molecule has 0 fully saturated rings.